The number of aliphatic hydroxyl groups is 1. The number of carboxylic acid groups (broad SMARTS) is 1. The number of hydrogen-bond acceptors (Lipinski definition) is 4. The van der Waals surface area contributed by atoms with Gasteiger partial charge in [0.2, 0.25) is 0 Å². The number of nitrogens with zero attached hydrogens (tertiary/aromatic N) is 2. The van der Waals surface area contributed by atoms with E-state index in [1.165, 1.54) is 6.07 Å². The van der Waals surface area contributed by atoms with Crippen molar-refractivity contribution >= 4 is 17.6 Å². The summed E-state index contributed by atoms with van der Waals surface area (Å²) in [6.45, 7) is 4.85. The van der Waals surface area contributed by atoms with E-state index in [2.05, 4.69) is 6.92 Å². The van der Waals surface area contributed by atoms with Crippen molar-refractivity contribution in [3.63, 3.8) is 0 Å². The van der Waals surface area contributed by atoms with E-state index in [0.29, 0.717) is 41.6 Å². The standard InChI is InChI=1S/C24H27ClN2O4/c1-3-5-12-31-23-11-8-17(24(29)30)13-20(23)21-14-22(16-6-9-18(25)10-7-16)27(26-21)15-19(28)4-2/h6-11,13-14,19,28H,3-5,12,15H2,1-2H3,(H,29,30)/t19-/m1/s1. The zero-order chi connectivity index (χ0) is 22.4. The van der Waals surface area contributed by atoms with Crippen LogP contribution >= 0.6 is 11.6 Å². The van der Waals surface area contributed by atoms with Crippen molar-refractivity contribution in [1.82, 2.24) is 9.78 Å². The maximum absolute atomic E-state index is 11.6. The molecule has 0 unspecified atom stereocenters. The van der Waals surface area contributed by atoms with E-state index in [4.69, 9.17) is 21.4 Å². The van der Waals surface area contributed by atoms with Gasteiger partial charge in [0.25, 0.3) is 0 Å². The van der Waals surface area contributed by atoms with Gasteiger partial charge in [0.1, 0.15) is 5.75 Å². The average molecular weight is 443 g/mol. The molecule has 0 aliphatic rings. The minimum absolute atomic E-state index is 0.161. The lowest BCUT2D eigenvalue weighted by atomic mass is 10.1. The lowest BCUT2D eigenvalue weighted by molar-refractivity contribution is 0.0697. The number of halogens is 1. The summed E-state index contributed by atoms with van der Waals surface area (Å²) in [6, 6.07) is 14.1. The molecule has 0 aliphatic carbocycles. The van der Waals surface area contributed by atoms with Gasteiger partial charge in [-0.25, -0.2) is 4.79 Å². The van der Waals surface area contributed by atoms with Crippen molar-refractivity contribution in [2.75, 3.05) is 6.61 Å². The number of benzene rings is 2. The Kier molecular flexibility index (Phi) is 7.71. The third kappa shape index (κ3) is 5.66. The van der Waals surface area contributed by atoms with Gasteiger partial charge in [0, 0.05) is 10.6 Å². The lowest BCUT2D eigenvalue weighted by Gasteiger charge is -2.12. The molecule has 0 saturated carbocycles. The fourth-order valence-electron chi connectivity index (χ4n) is 3.18. The highest BCUT2D eigenvalue weighted by Crippen LogP contribution is 2.34. The van der Waals surface area contributed by atoms with Crippen molar-refractivity contribution in [3.05, 3.63) is 59.1 Å². The second kappa shape index (κ2) is 10.5. The third-order valence-electron chi connectivity index (χ3n) is 5.03. The molecule has 0 saturated heterocycles. The van der Waals surface area contributed by atoms with Crippen LogP contribution in [-0.2, 0) is 6.54 Å². The Labute approximate surface area is 187 Å². The van der Waals surface area contributed by atoms with Gasteiger partial charge in [-0.15, -0.1) is 0 Å². The Bertz CT molecular complexity index is 1030. The highest BCUT2D eigenvalue weighted by molar-refractivity contribution is 6.30. The number of unbranched alkanes of at least 4 members (excludes halogenated alkanes) is 1. The van der Waals surface area contributed by atoms with Crippen molar-refractivity contribution in [3.8, 4) is 28.3 Å². The molecule has 0 fully saturated rings. The van der Waals surface area contributed by atoms with Gasteiger partial charge >= 0.3 is 5.97 Å². The topological polar surface area (TPSA) is 84.6 Å². The quantitative estimate of drug-likeness (QED) is 0.404. The van der Waals surface area contributed by atoms with Crippen molar-refractivity contribution in [2.45, 2.75) is 45.8 Å². The van der Waals surface area contributed by atoms with E-state index in [-0.39, 0.29) is 5.56 Å². The van der Waals surface area contributed by atoms with Gasteiger partial charge < -0.3 is 14.9 Å². The number of aromatic carboxylic acids is 1. The molecule has 3 rings (SSSR count). The van der Waals surface area contributed by atoms with Crippen LogP contribution in [0.4, 0.5) is 0 Å². The molecule has 164 valence electrons. The van der Waals surface area contributed by atoms with Gasteiger partial charge in [0.05, 0.1) is 36.2 Å². The monoisotopic (exact) mass is 442 g/mol. The van der Waals surface area contributed by atoms with Gasteiger partial charge in [-0.2, -0.15) is 5.10 Å². The van der Waals surface area contributed by atoms with E-state index in [1.807, 2.05) is 25.1 Å². The maximum Gasteiger partial charge on any atom is 0.335 e. The summed E-state index contributed by atoms with van der Waals surface area (Å²) in [7, 11) is 0. The molecule has 0 amide bonds. The molecule has 0 aliphatic heterocycles. The number of aliphatic hydroxyl groups excluding tert-OH is 1. The minimum atomic E-state index is -1.01. The molecule has 0 radical (unpaired) electrons. The first kappa shape index (κ1) is 22.8. The molecular weight excluding hydrogens is 416 g/mol. The largest absolute Gasteiger partial charge is 0.493 e. The van der Waals surface area contributed by atoms with Crippen molar-refractivity contribution < 1.29 is 19.7 Å². The third-order valence-corrected chi connectivity index (χ3v) is 5.28. The second-order valence-corrected chi connectivity index (χ2v) is 7.82. The summed E-state index contributed by atoms with van der Waals surface area (Å²) in [5, 5.41) is 25.0. The molecule has 1 heterocycles. The summed E-state index contributed by atoms with van der Waals surface area (Å²) in [6.07, 6.45) is 1.93. The first-order chi connectivity index (χ1) is 14.9. The predicted octanol–water partition coefficient (Wildman–Crippen LogP) is 5.52. The molecular formula is C24H27ClN2O4. The number of hydrogen-bond donors (Lipinski definition) is 2. The smallest absolute Gasteiger partial charge is 0.335 e. The van der Waals surface area contributed by atoms with E-state index >= 15 is 0 Å². The van der Waals surface area contributed by atoms with Crippen LogP contribution in [0.5, 0.6) is 5.75 Å². The Balaban J connectivity index is 2.10. The molecule has 1 atom stereocenters. The Morgan fingerprint density at radius 2 is 1.90 bits per heavy atom. The molecule has 6 nitrogen and oxygen atoms in total. The maximum atomic E-state index is 11.6. The molecule has 3 aromatic rings. The number of rotatable bonds is 10. The molecule has 0 spiro atoms. The minimum Gasteiger partial charge on any atom is -0.493 e. The summed E-state index contributed by atoms with van der Waals surface area (Å²) < 4.78 is 7.68. The van der Waals surface area contributed by atoms with Crippen LogP contribution in [0.1, 0.15) is 43.5 Å². The van der Waals surface area contributed by atoms with Crippen LogP contribution in [0.25, 0.3) is 22.5 Å². The van der Waals surface area contributed by atoms with E-state index in [9.17, 15) is 15.0 Å². The van der Waals surface area contributed by atoms with E-state index in [1.54, 1.807) is 28.9 Å². The number of ether oxygens (including phenoxy) is 1. The Morgan fingerprint density at radius 1 is 1.16 bits per heavy atom. The molecule has 2 aromatic carbocycles. The van der Waals surface area contributed by atoms with Crippen molar-refractivity contribution in [2.24, 2.45) is 0 Å². The number of carbonyl (C=O) groups is 1. The molecule has 7 heteroatoms. The summed E-state index contributed by atoms with van der Waals surface area (Å²) >= 11 is 6.04. The molecule has 31 heavy (non-hydrogen) atoms. The Morgan fingerprint density at radius 3 is 2.55 bits per heavy atom. The van der Waals surface area contributed by atoms with Gasteiger partial charge in [-0.3, -0.25) is 4.68 Å². The predicted molar refractivity (Wildman–Crippen MR) is 122 cm³/mol. The summed E-state index contributed by atoms with van der Waals surface area (Å²) in [5.41, 5.74) is 3.06. The van der Waals surface area contributed by atoms with Gasteiger partial charge in [0.15, 0.2) is 0 Å². The van der Waals surface area contributed by atoms with Crippen LogP contribution in [0.15, 0.2) is 48.5 Å². The van der Waals surface area contributed by atoms with Crippen LogP contribution in [0, 0.1) is 0 Å². The lowest BCUT2D eigenvalue weighted by Crippen LogP contribution is -2.16. The molecule has 0 bridgehead atoms. The highest BCUT2D eigenvalue weighted by Gasteiger charge is 2.18. The van der Waals surface area contributed by atoms with Crippen LogP contribution in [-0.4, -0.2) is 38.7 Å². The fourth-order valence-corrected chi connectivity index (χ4v) is 3.31. The average Bonchev–Trinajstić information content (AvgIpc) is 3.17. The zero-order valence-corrected chi connectivity index (χ0v) is 18.5. The van der Waals surface area contributed by atoms with Gasteiger partial charge in [-0.1, -0.05) is 44.0 Å². The normalized spacial score (nSPS) is 12.0. The molecule has 1 aromatic heterocycles. The summed E-state index contributed by atoms with van der Waals surface area (Å²) in [4.78, 5) is 11.6. The Hall–Kier alpha value is -2.83. The second-order valence-electron chi connectivity index (χ2n) is 7.38. The highest BCUT2D eigenvalue weighted by atomic mass is 35.5. The van der Waals surface area contributed by atoms with E-state index < -0.39 is 12.1 Å². The first-order valence-electron chi connectivity index (χ1n) is 10.4. The van der Waals surface area contributed by atoms with Gasteiger partial charge in [-0.05, 0) is 54.8 Å². The zero-order valence-electron chi connectivity index (χ0n) is 17.7. The number of aromatic nitrogens is 2. The number of carboxylic acids is 1. The van der Waals surface area contributed by atoms with Crippen LogP contribution in [0.3, 0.4) is 0 Å². The van der Waals surface area contributed by atoms with Crippen molar-refractivity contribution in [1.29, 1.82) is 0 Å². The molecule has 2 N–H and O–H groups in total. The SMILES string of the molecule is CCCCOc1ccc(C(=O)O)cc1-c1cc(-c2ccc(Cl)cc2)n(C[C@H](O)CC)n1. The van der Waals surface area contributed by atoms with E-state index in [0.717, 1.165) is 24.1 Å². The van der Waals surface area contributed by atoms with Crippen LogP contribution in [0.2, 0.25) is 5.02 Å². The van der Waals surface area contributed by atoms with Crippen LogP contribution < -0.4 is 4.74 Å². The first-order valence-corrected chi connectivity index (χ1v) is 10.8. The summed E-state index contributed by atoms with van der Waals surface area (Å²) in [5.74, 6) is -0.429. The fraction of sp³-hybridized carbons (Fsp3) is 0.333.